The summed E-state index contributed by atoms with van der Waals surface area (Å²) in [5.41, 5.74) is 6.29. The lowest BCUT2D eigenvalue weighted by Crippen LogP contribution is -2.36. The summed E-state index contributed by atoms with van der Waals surface area (Å²) in [6.45, 7) is 6.91. The van der Waals surface area contributed by atoms with Gasteiger partial charge in [0, 0.05) is 18.2 Å². The van der Waals surface area contributed by atoms with Gasteiger partial charge < -0.3 is 19.7 Å². The maximum Gasteiger partial charge on any atom is 0.168 e. The lowest BCUT2D eigenvalue weighted by molar-refractivity contribution is 0.226. The number of rotatable bonds is 2. The van der Waals surface area contributed by atoms with Crippen LogP contribution < -0.4 is 9.47 Å². The zero-order chi connectivity index (χ0) is 19.9. The van der Waals surface area contributed by atoms with Crippen molar-refractivity contribution in [3.05, 3.63) is 34.4 Å². The molecule has 0 radical (unpaired) electrons. The van der Waals surface area contributed by atoms with Gasteiger partial charge in [-0.3, -0.25) is 4.90 Å². The molecule has 2 aromatic carbocycles. The standard InChI is InChI=1S/C20H23NO4.C2H6/c1-10-12-5-6-21(2)14-7-11-8-15(22)16(24-3)9-13(11)18(17(12)14)20(25-4)19(10)23;1-2/h8-9,14,22-23H,5-7H2,1-4H3;1-2H3. The predicted molar refractivity (Wildman–Crippen MR) is 107 cm³/mol. The molecule has 2 N–H and O–H groups in total. The van der Waals surface area contributed by atoms with Crippen LogP contribution in [0.1, 0.15) is 42.1 Å². The van der Waals surface area contributed by atoms with Gasteiger partial charge in [-0.05, 0) is 66.8 Å². The third-order valence-electron chi connectivity index (χ3n) is 5.72. The first-order chi connectivity index (χ1) is 13.0. The first kappa shape index (κ1) is 19.4. The van der Waals surface area contributed by atoms with Crippen molar-refractivity contribution in [2.45, 2.75) is 39.7 Å². The van der Waals surface area contributed by atoms with E-state index in [-0.39, 0.29) is 17.5 Å². The van der Waals surface area contributed by atoms with E-state index in [9.17, 15) is 10.2 Å². The first-order valence-electron chi connectivity index (χ1n) is 9.50. The number of aromatic hydroxyl groups is 2. The lowest BCUT2D eigenvalue weighted by atomic mass is 9.75. The van der Waals surface area contributed by atoms with Crippen LogP contribution in [0.3, 0.4) is 0 Å². The van der Waals surface area contributed by atoms with E-state index in [1.807, 2.05) is 26.8 Å². The van der Waals surface area contributed by atoms with Crippen LogP contribution in [0, 0.1) is 6.92 Å². The van der Waals surface area contributed by atoms with E-state index in [0.29, 0.717) is 11.5 Å². The minimum absolute atomic E-state index is 0.138. The van der Waals surface area contributed by atoms with Crippen LogP contribution in [-0.4, -0.2) is 42.9 Å². The van der Waals surface area contributed by atoms with Gasteiger partial charge in [0.1, 0.15) is 0 Å². The van der Waals surface area contributed by atoms with Crippen LogP contribution in [0.5, 0.6) is 23.0 Å². The van der Waals surface area contributed by atoms with Crippen molar-refractivity contribution in [1.82, 2.24) is 4.90 Å². The number of phenolic OH excluding ortho intramolecular Hbond substituents is 2. The van der Waals surface area contributed by atoms with Crippen molar-refractivity contribution in [2.24, 2.45) is 0 Å². The Morgan fingerprint density at radius 2 is 1.81 bits per heavy atom. The number of hydrogen-bond donors (Lipinski definition) is 2. The Kier molecular flexibility index (Phi) is 5.24. The number of ether oxygens (including phenoxy) is 2. The molecule has 0 fully saturated rings. The second-order valence-corrected chi connectivity index (χ2v) is 6.91. The summed E-state index contributed by atoms with van der Waals surface area (Å²) in [7, 11) is 5.26. The molecule has 5 nitrogen and oxygen atoms in total. The van der Waals surface area contributed by atoms with Crippen LogP contribution in [0.15, 0.2) is 12.1 Å². The summed E-state index contributed by atoms with van der Waals surface area (Å²) in [5, 5.41) is 20.9. The summed E-state index contributed by atoms with van der Waals surface area (Å²) in [4.78, 5) is 2.34. The van der Waals surface area contributed by atoms with E-state index in [1.54, 1.807) is 20.3 Å². The van der Waals surface area contributed by atoms with Crippen LogP contribution in [0.25, 0.3) is 11.1 Å². The molecule has 2 aliphatic rings. The van der Waals surface area contributed by atoms with E-state index in [1.165, 1.54) is 11.1 Å². The molecular formula is C22H29NO4. The van der Waals surface area contributed by atoms with E-state index in [0.717, 1.165) is 41.6 Å². The Balaban J connectivity index is 0.00000102. The molecule has 1 heterocycles. The van der Waals surface area contributed by atoms with Gasteiger partial charge in [0.2, 0.25) is 0 Å². The summed E-state index contributed by atoms with van der Waals surface area (Å²) < 4.78 is 10.9. The van der Waals surface area contributed by atoms with Gasteiger partial charge in [0.25, 0.3) is 0 Å². The maximum atomic E-state index is 10.7. The first-order valence-corrected chi connectivity index (χ1v) is 9.50. The Morgan fingerprint density at radius 1 is 1.11 bits per heavy atom. The molecule has 2 aromatic rings. The highest BCUT2D eigenvalue weighted by atomic mass is 16.5. The average Bonchev–Trinajstić information content (AvgIpc) is 2.68. The molecular weight excluding hydrogens is 342 g/mol. The number of methoxy groups -OCH3 is 2. The number of phenols is 2. The minimum Gasteiger partial charge on any atom is -0.504 e. The number of fused-ring (bicyclic) bond motifs is 2. The SMILES string of the molecule is CC.COc1cc2c(cc1O)CC1c3c(c(C)c(O)c(OC)c3-2)CCN1C. The number of likely N-dealkylation sites (N-methyl/N-ethyl adjacent to an activating group) is 1. The van der Waals surface area contributed by atoms with Gasteiger partial charge in [0.15, 0.2) is 23.0 Å². The molecule has 27 heavy (non-hydrogen) atoms. The number of benzene rings is 2. The molecule has 0 saturated carbocycles. The van der Waals surface area contributed by atoms with Gasteiger partial charge in [0.05, 0.1) is 14.2 Å². The topological polar surface area (TPSA) is 62.2 Å². The second-order valence-electron chi connectivity index (χ2n) is 6.91. The molecule has 1 unspecified atom stereocenters. The van der Waals surface area contributed by atoms with Crippen molar-refractivity contribution in [3.8, 4) is 34.1 Å². The minimum atomic E-state index is 0.138. The van der Waals surface area contributed by atoms with E-state index in [4.69, 9.17) is 9.47 Å². The molecule has 0 saturated heterocycles. The maximum absolute atomic E-state index is 10.7. The highest BCUT2D eigenvalue weighted by Crippen LogP contribution is 2.54. The fourth-order valence-electron chi connectivity index (χ4n) is 4.37. The highest BCUT2D eigenvalue weighted by Gasteiger charge is 2.37. The van der Waals surface area contributed by atoms with Gasteiger partial charge in [-0.1, -0.05) is 13.8 Å². The van der Waals surface area contributed by atoms with Crippen molar-refractivity contribution in [3.63, 3.8) is 0 Å². The average molecular weight is 371 g/mol. The molecule has 4 rings (SSSR count). The zero-order valence-electron chi connectivity index (χ0n) is 17.0. The van der Waals surface area contributed by atoms with Crippen molar-refractivity contribution in [1.29, 1.82) is 0 Å². The fourth-order valence-corrected chi connectivity index (χ4v) is 4.37. The molecule has 0 spiro atoms. The van der Waals surface area contributed by atoms with Crippen LogP contribution in [0.2, 0.25) is 0 Å². The van der Waals surface area contributed by atoms with Gasteiger partial charge in [-0.2, -0.15) is 0 Å². The van der Waals surface area contributed by atoms with Gasteiger partial charge in [-0.25, -0.2) is 0 Å². The van der Waals surface area contributed by atoms with Crippen molar-refractivity contribution >= 4 is 0 Å². The van der Waals surface area contributed by atoms with Gasteiger partial charge >= 0.3 is 0 Å². The summed E-state index contributed by atoms with van der Waals surface area (Å²) in [6.07, 6.45) is 1.72. The molecule has 5 heteroatoms. The zero-order valence-corrected chi connectivity index (χ0v) is 17.0. The smallest absolute Gasteiger partial charge is 0.168 e. The number of hydrogen-bond acceptors (Lipinski definition) is 5. The van der Waals surface area contributed by atoms with Crippen molar-refractivity contribution in [2.75, 3.05) is 27.8 Å². The number of nitrogens with zero attached hydrogens (tertiary/aromatic N) is 1. The van der Waals surface area contributed by atoms with E-state index < -0.39 is 0 Å². The Hall–Kier alpha value is -2.40. The third kappa shape index (κ3) is 2.81. The molecule has 1 atom stereocenters. The predicted octanol–water partition coefficient (Wildman–Crippen LogP) is 4.20. The molecule has 0 amide bonds. The van der Waals surface area contributed by atoms with Crippen LogP contribution >= 0.6 is 0 Å². The van der Waals surface area contributed by atoms with Crippen LogP contribution in [0.4, 0.5) is 0 Å². The summed E-state index contributed by atoms with van der Waals surface area (Å²) in [6, 6.07) is 3.84. The second kappa shape index (κ2) is 7.31. The lowest BCUT2D eigenvalue weighted by Gasteiger charge is -2.41. The molecule has 146 valence electrons. The molecule has 0 aromatic heterocycles. The Morgan fingerprint density at radius 3 is 2.44 bits per heavy atom. The van der Waals surface area contributed by atoms with E-state index in [2.05, 4.69) is 11.9 Å². The largest absolute Gasteiger partial charge is 0.504 e. The molecule has 1 aliphatic carbocycles. The van der Waals surface area contributed by atoms with Crippen molar-refractivity contribution < 1.29 is 19.7 Å². The molecule has 0 bridgehead atoms. The quantitative estimate of drug-likeness (QED) is 0.828. The highest BCUT2D eigenvalue weighted by molar-refractivity contribution is 5.85. The summed E-state index contributed by atoms with van der Waals surface area (Å²) >= 11 is 0. The Bertz CT molecular complexity index is 876. The van der Waals surface area contributed by atoms with E-state index >= 15 is 0 Å². The van der Waals surface area contributed by atoms with Crippen LogP contribution in [-0.2, 0) is 12.8 Å². The van der Waals surface area contributed by atoms with Gasteiger partial charge in [-0.15, -0.1) is 0 Å². The normalized spacial score (nSPS) is 17.3. The summed E-state index contributed by atoms with van der Waals surface area (Å²) in [5.74, 6) is 1.28. The molecule has 1 aliphatic heterocycles. The third-order valence-corrected chi connectivity index (χ3v) is 5.72. The monoisotopic (exact) mass is 371 g/mol. The fraction of sp³-hybridized carbons (Fsp3) is 0.455. The Labute approximate surface area is 161 Å².